The van der Waals surface area contributed by atoms with Gasteiger partial charge in [0, 0.05) is 11.1 Å². The molecule has 0 aromatic heterocycles. The van der Waals surface area contributed by atoms with Crippen molar-refractivity contribution >= 4 is 5.78 Å². The third-order valence-corrected chi connectivity index (χ3v) is 6.86. The number of carbonyl (C=O) groups excluding carboxylic acids is 1. The monoisotopic (exact) mass is 486 g/mol. The highest BCUT2D eigenvalue weighted by molar-refractivity contribution is 6.10. The van der Waals surface area contributed by atoms with E-state index in [0.717, 1.165) is 38.9 Å². The van der Waals surface area contributed by atoms with E-state index in [1.807, 2.05) is 66.7 Å². The molecule has 0 aliphatic rings. The molecular weight excluding hydrogens is 460 g/mol. The average Bonchev–Trinajstić information content (AvgIpc) is 3.02. The zero-order chi connectivity index (χ0) is 25.7. The van der Waals surface area contributed by atoms with Crippen molar-refractivity contribution in [3.63, 3.8) is 0 Å². The average molecular weight is 487 g/mol. The maximum atomic E-state index is 13.4. The quantitative estimate of drug-likeness (QED) is 0.214. The molecule has 0 saturated heterocycles. The number of carbonyl (C=O) groups is 1. The summed E-state index contributed by atoms with van der Waals surface area (Å²) in [6.07, 6.45) is 0. The molecule has 0 fully saturated rings. The molecule has 0 unspecified atom stereocenters. The molecule has 0 saturated carbocycles. The highest BCUT2D eigenvalue weighted by atomic mass is 16.1. The molecule has 0 heterocycles. The molecular formula is C37H26O. The van der Waals surface area contributed by atoms with Crippen LogP contribution >= 0.6 is 0 Å². The van der Waals surface area contributed by atoms with Gasteiger partial charge < -0.3 is 0 Å². The largest absolute Gasteiger partial charge is 0.289 e. The summed E-state index contributed by atoms with van der Waals surface area (Å²) in [6.45, 7) is 0. The topological polar surface area (TPSA) is 17.1 Å². The van der Waals surface area contributed by atoms with E-state index in [1.165, 1.54) is 5.56 Å². The van der Waals surface area contributed by atoms with E-state index in [0.29, 0.717) is 11.1 Å². The Hall–Kier alpha value is -5.01. The number of hydrogen-bond acceptors (Lipinski definition) is 1. The second-order valence-electron chi connectivity index (χ2n) is 9.32. The highest BCUT2D eigenvalue weighted by Crippen LogP contribution is 2.43. The van der Waals surface area contributed by atoms with Gasteiger partial charge >= 0.3 is 0 Å². The Labute approximate surface area is 223 Å². The lowest BCUT2D eigenvalue weighted by Crippen LogP contribution is -2.01. The van der Waals surface area contributed by atoms with E-state index in [-0.39, 0.29) is 5.78 Å². The Morgan fingerprint density at radius 1 is 0.342 bits per heavy atom. The molecule has 0 radical (unpaired) electrons. The van der Waals surface area contributed by atoms with Gasteiger partial charge in [-0.1, -0.05) is 140 Å². The zero-order valence-corrected chi connectivity index (χ0v) is 20.9. The highest BCUT2D eigenvalue weighted by Gasteiger charge is 2.18. The van der Waals surface area contributed by atoms with Crippen LogP contribution in [-0.2, 0) is 0 Å². The van der Waals surface area contributed by atoms with Crippen LogP contribution in [0.15, 0.2) is 158 Å². The maximum absolute atomic E-state index is 13.4. The van der Waals surface area contributed by atoms with Crippen molar-refractivity contribution < 1.29 is 4.79 Å². The van der Waals surface area contributed by atoms with E-state index in [4.69, 9.17) is 0 Å². The minimum absolute atomic E-state index is 0.0240. The fourth-order valence-electron chi connectivity index (χ4n) is 5.01. The van der Waals surface area contributed by atoms with Crippen LogP contribution in [0.3, 0.4) is 0 Å². The van der Waals surface area contributed by atoms with E-state index in [9.17, 15) is 4.79 Å². The van der Waals surface area contributed by atoms with Gasteiger partial charge in [0.15, 0.2) is 5.78 Å². The first-order valence-corrected chi connectivity index (χ1v) is 12.8. The molecule has 6 aromatic rings. The van der Waals surface area contributed by atoms with Crippen molar-refractivity contribution in [3.05, 3.63) is 169 Å². The third-order valence-electron chi connectivity index (χ3n) is 6.86. The van der Waals surface area contributed by atoms with Crippen molar-refractivity contribution in [2.75, 3.05) is 0 Å². The maximum Gasteiger partial charge on any atom is 0.193 e. The standard InChI is InChI=1S/C37H26O/c38-37(30-20-11-4-12-21-30)32-23-13-22-31(24-32)36-34(28-16-7-2-8-17-28)25-33(27-14-5-1-6-15-27)26-35(36)29-18-9-3-10-19-29/h1-26H. The van der Waals surface area contributed by atoms with E-state index in [1.54, 1.807) is 0 Å². The number of rotatable bonds is 6. The SMILES string of the molecule is O=C(c1ccccc1)c1cccc(-c2c(-c3ccccc3)cc(-c3ccccc3)cc2-c2ccccc2)c1. The summed E-state index contributed by atoms with van der Waals surface area (Å²) < 4.78 is 0. The van der Waals surface area contributed by atoms with Gasteiger partial charge in [-0.25, -0.2) is 0 Å². The number of ketones is 1. The normalized spacial score (nSPS) is 10.7. The Bertz CT molecular complexity index is 1630. The summed E-state index contributed by atoms with van der Waals surface area (Å²) in [5.41, 5.74) is 10.4. The van der Waals surface area contributed by atoms with Crippen LogP contribution in [0.2, 0.25) is 0 Å². The minimum atomic E-state index is 0.0240. The van der Waals surface area contributed by atoms with Gasteiger partial charge in [0.05, 0.1) is 0 Å². The molecule has 0 spiro atoms. The predicted octanol–water partition coefficient (Wildman–Crippen LogP) is 9.59. The molecule has 1 nitrogen and oxygen atoms in total. The van der Waals surface area contributed by atoms with Gasteiger partial charge in [-0.15, -0.1) is 0 Å². The Morgan fingerprint density at radius 3 is 1.29 bits per heavy atom. The Morgan fingerprint density at radius 2 is 0.763 bits per heavy atom. The van der Waals surface area contributed by atoms with E-state index in [2.05, 4.69) is 91.0 Å². The fraction of sp³-hybridized carbons (Fsp3) is 0. The molecule has 1 heteroatoms. The van der Waals surface area contributed by atoms with Crippen molar-refractivity contribution in [2.24, 2.45) is 0 Å². The molecule has 6 rings (SSSR count). The second kappa shape index (κ2) is 10.5. The molecule has 180 valence electrons. The molecule has 6 aromatic carbocycles. The number of hydrogen-bond donors (Lipinski definition) is 0. The molecule has 38 heavy (non-hydrogen) atoms. The zero-order valence-electron chi connectivity index (χ0n) is 20.9. The Kier molecular flexibility index (Phi) is 6.49. The van der Waals surface area contributed by atoms with E-state index < -0.39 is 0 Å². The summed E-state index contributed by atoms with van der Waals surface area (Å²) in [5, 5.41) is 0. The summed E-state index contributed by atoms with van der Waals surface area (Å²) in [5.74, 6) is 0.0240. The molecule has 0 aliphatic carbocycles. The van der Waals surface area contributed by atoms with Crippen LogP contribution in [0.25, 0.3) is 44.5 Å². The lowest BCUT2D eigenvalue weighted by Gasteiger charge is -2.19. The summed E-state index contributed by atoms with van der Waals surface area (Å²) in [6, 6.07) is 53.6. The van der Waals surface area contributed by atoms with Gasteiger partial charge in [-0.3, -0.25) is 4.79 Å². The van der Waals surface area contributed by atoms with Crippen molar-refractivity contribution in [2.45, 2.75) is 0 Å². The lowest BCUT2D eigenvalue weighted by molar-refractivity contribution is 0.103. The lowest BCUT2D eigenvalue weighted by atomic mass is 9.84. The molecule has 0 atom stereocenters. The van der Waals surface area contributed by atoms with Crippen molar-refractivity contribution in [3.8, 4) is 44.5 Å². The summed E-state index contributed by atoms with van der Waals surface area (Å²) in [4.78, 5) is 13.4. The number of benzene rings is 6. The van der Waals surface area contributed by atoms with Crippen LogP contribution in [0, 0.1) is 0 Å². The van der Waals surface area contributed by atoms with Crippen LogP contribution in [0.4, 0.5) is 0 Å². The van der Waals surface area contributed by atoms with Gasteiger partial charge in [0.2, 0.25) is 0 Å². The summed E-state index contributed by atoms with van der Waals surface area (Å²) in [7, 11) is 0. The molecule has 0 amide bonds. The fourth-order valence-corrected chi connectivity index (χ4v) is 5.01. The van der Waals surface area contributed by atoms with Gasteiger partial charge in [-0.2, -0.15) is 0 Å². The van der Waals surface area contributed by atoms with Crippen LogP contribution in [0.1, 0.15) is 15.9 Å². The van der Waals surface area contributed by atoms with Gasteiger partial charge in [0.1, 0.15) is 0 Å². The first-order chi connectivity index (χ1) is 18.8. The smallest absolute Gasteiger partial charge is 0.193 e. The van der Waals surface area contributed by atoms with Crippen LogP contribution in [0.5, 0.6) is 0 Å². The second-order valence-corrected chi connectivity index (χ2v) is 9.32. The van der Waals surface area contributed by atoms with E-state index >= 15 is 0 Å². The summed E-state index contributed by atoms with van der Waals surface area (Å²) >= 11 is 0. The van der Waals surface area contributed by atoms with Crippen LogP contribution in [-0.4, -0.2) is 5.78 Å². The van der Waals surface area contributed by atoms with Gasteiger partial charge in [0.25, 0.3) is 0 Å². The minimum Gasteiger partial charge on any atom is -0.289 e. The molecule has 0 aliphatic heterocycles. The molecule has 0 N–H and O–H groups in total. The predicted molar refractivity (Wildman–Crippen MR) is 158 cm³/mol. The Balaban J connectivity index is 1.63. The van der Waals surface area contributed by atoms with Crippen molar-refractivity contribution in [1.82, 2.24) is 0 Å². The third kappa shape index (κ3) is 4.70. The van der Waals surface area contributed by atoms with Crippen LogP contribution < -0.4 is 0 Å². The van der Waals surface area contributed by atoms with Gasteiger partial charge in [-0.05, 0) is 62.7 Å². The molecule has 0 bridgehead atoms. The van der Waals surface area contributed by atoms with Crippen molar-refractivity contribution in [1.29, 1.82) is 0 Å². The first kappa shape index (κ1) is 23.4. The first-order valence-electron chi connectivity index (χ1n) is 12.8.